The van der Waals surface area contributed by atoms with Gasteiger partial charge in [0.1, 0.15) is 0 Å². The van der Waals surface area contributed by atoms with Crippen LogP contribution < -0.4 is 5.32 Å². The summed E-state index contributed by atoms with van der Waals surface area (Å²) < 4.78 is 31.2. The van der Waals surface area contributed by atoms with Crippen LogP contribution >= 0.6 is 11.8 Å². The number of thioether (sulfide) groups is 1. The highest BCUT2D eigenvalue weighted by molar-refractivity contribution is 7.99. The van der Waals surface area contributed by atoms with Gasteiger partial charge in [-0.3, -0.25) is 9.69 Å². The van der Waals surface area contributed by atoms with Crippen molar-refractivity contribution < 1.29 is 18.3 Å². The highest BCUT2D eigenvalue weighted by Gasteiger charge is 2.21. The molecule has 4 nitrogen and oxygen atoms in total. The van der Waals surface area contributed by atoms with Gasteiger partial charge in [0.05, 0.1) is 18.3 Å². The molecule has 150 valence electrons. The van der Waals surface area contributed by atoms with Crippen LogP contribution in [0, 0.1) is 0 Å². The summed E-state index contributed by atoms with van der Waals surface area (Å²) in [6.45, 7) is 2.22. The number of nitrogens with zero attached hydrogens (tertiary/aromatic N) is 1. The monoisotopic (exact) mass is 406 g/mol. The lowest BCUT2D eigenvalue weighted by atomic mass is 10.2. The standard InChI is InChI=1S/C21H24F2N2O2S/c22-21(23)28-19-11-5-4-10-18(19)24-20(26)15-25(14-17-9-6-12-27-17)13-16-7-2-1-3-8-16/h1-5,7-8,10-11,17,21H,6,9,12-15H2,(H,24,26). The summed E-state index contributed by atoms with van der Waals surface area (Å²) in [5.74, 6) is -2.76. The lowest BCUT2D eigenvalue weighted by Crippen LogP contribution is -2.38. The average Bonchev–Trinajstić information content (AvgIpc) is 3.17. The van der Waals surface area contributed by atoms with Gasteiger partial charge in [-0.15, -0.1) is 0 Å². The second-order valence-corrected chi connectivity index (χ2v) is 7.74. The predicted octanol–water partition coefficient (Wildman–Crippen LogP) is 4.62. The first-order valence-electron chi connectivity index (χ1n) is 9.32. The maximum Gasteiger partial charge on any atom is 0.288 e. The van der Waals surface area contributed by atoms with E-state index in [0.717, 1.165) is 25.0 Å². The molecule has 0 aliphatic carbocycles. The van der Waals surface area contributed by atoms with E-state index in [1.165, 1.54) is 0 Å². The Labute approximate surface area is 168 Å². The first-order valence-corrected chi connectivity index (χ1v) is 10.2. The van der Waals surface area contributed by atoms with Gasteiger partial charge in [-0.05, 0) is 30.5 Å². The summed E-state index contributed by atoms with van der Waals surface area (Å²) >= 11 is 0.433. The molecule has 0 bridgehead atoms. The van der Waals surface area contributed by atoms with Crippen LogP contribution in [-0.4, -0.2) is 42.4 Å². The fourth-order valence-electron chi connectivity index (χ4n) is 3.26. The molecule has 1 atom stereocenters. The van der Waals surface area contributed by atoms with Crippen LogP contribution in [0.3, 0.4) is 0 Å². The minimum absolute atomic E-state index is 0.123. The number of nitrogens with one attached hydrogen (secondary N) is 1. The summed E-state index contributed by atoms with van der Waals surface area (Å²) in [5.41, 5.74) is 1.52. The lowest BCUT2D eigenvalue weighted by Gasteiger charge is -2.25. The predicted molar refractivity (Wildman–Crippen MR) is 108 cm³/mol. The fourth-order valence-corrected chi connectivity index (χ4v) is 3.86. The van der Waals surface area contributed by atoms with Crippen LogP contribution in [0.2, 0.25) is 0 Å². The number of rotatable bonds is 9. The van der Waals surface area contributed by atoms with E-state index in [9.17, 15) is 13.6 Å². The number of carbonyl (C=O) groups is 1. The maximum atomic E-state index is 12.7. The van der Waals surface area contributed by atoms with Crippen molar-refractivity contribution >= 4 is 23.4 Å². The Hall–Kier alpha value is -1.96. The average molecular weight is 406 g/mol. The van der Waals surface area contributed by atoms with Gasteiger partial charge >= 0.3 is 0 Å². The number of hydrogen-bond donors (Lipinski definition) is 1. The van der Waals surface area contributed by atoms with E-state index in [1.54, 1.807) is 24.3 Å². The van der Waals surface area contributed by atoms with E-state index in [-0.39, 0.29) is 18.6 Å². The normalized spacial score (nSPS) is 16.6. The molecule has 3 rings (SSSR count). The number of anilines is 1. The van der Waals surface area contributed by atoms with Gasteiger partial charge in [0.2, 0.25) is 5.91 Å². The van der Waals surface area contributed by atoms with Crippen LogP contribution in [0.1, 0.15) is 18.4 Å². The molecule has 1 aliphatic rings. The minimum atomic E-state index is -2.54. The molecule has 2 aromatic rings. The lowest BCUT2D eigenvalue weighted by molar-refractivity contribution is -0.117. The fraction of sp³-hybridized carbons (Fsp3) is 0.381. The summed E-state index contributed by atoms with van der Waals surface area (Å²) in [4.78, 5) is 15.0. The van der Waals surface area contributed by atoms with Gasteiger partial charge < -0.3 is 10.1 Å². The van der Waals surface area contributed by atoms with Crippen molar-refractivity contribution in [2.24, 2.45) is 0 Å². The number of halogens is 2. The smallest absolute Gasteiger partial charge is 0.288 e. The first kappa shape index (κ1) is 20.8. The SMILES string of the molecule is O=C(CN(Cc1ccccc1)CC1CCCO1)Nc1ccccc1SC(F)F. The summed E-state index contributed by atoms with van der Waals surface area (Å²) in [6.07, 6.45) is 2.15. The Morgan fingerprint density at radius 1 is 1.18 bits per heavy atom. The van der Waals surface area contributed by atoms with E-state index < -0.39 is 5.76 Å². The number of ether oxygens (including phenoxy) is 1. The van der Waals surface area contributed by atoms with Gasteiger partial charge in [0, 0.05) is 24.6 Å². The molecule has 1 amide bonds. The zero-order valence-corrected chi connectivity index (χ0v) is 16.3. The molecular formula is C21H24F2N2O2S. The molecule has 1 heterocycles. The van der Waals surface area contributed by atoms with Gasteiger partial charge in [-0.2, -0.15) is 8.78 Å². The third-order valence-corrected chi connectivity index (χ3v) is 5.27. The van der Waals surface area contributed by atoms with E-state index in [1.807, 2.05) is 35.2 Å². The van der Waals surface area contributed by atoms with Crippen LogP contribution in [0.15, 0.2) is 59.5 Å². The van der Waals surface area contributed by atoms with E-state index in [4.69, 9.17) is 4.74 Å². The van der Waals surface area contributed by atoms with Crippen molar-refractivity contribution in [1.29, 1.82) is 0 Å². The van der Waals surface area contributed by atoms with Crippen molar-refractivity contribution in [3.05, 3.63) is 60.2 Å². The summed E-state index contributed by atoms with van der Waals surface area (Å²) in [7, 11) is 0. The molecular weight excluding hydrogens is 382 g/mol. The number of hydrogen-bond acceptors (Lipinski definition) is 4. The Kier molecular flexibility index (Phi) is 7.82. The van der Waals surface area contributed by atoms with E-state index >= 15 is 0 Å². The number of carbonyl (C=O) groups excluding carboxylic acids is 1. The quantitative estimate of drug-likeness (QED) is 0.617. The molecule has 1 unspecified atom stereocenters. The molecule has 0 spiro atoms. The Morgan fingerprint density at radius 3 is 2.64 bits per heavy atom. The molecule has 0 radical (unpaired) electrons. The van der Waals surface area contributed by atoms with E-state index in [2.05, 4.69) is 5.32 Å². The number of para-hydroxylation sites is 1. The van der Waals surface area contributed by atoms with Crippen molar-refractivity contribution in [1.82, 2.24) is 4.90 Å². The maximum absolute atomic E-state index is 12.7. The van der Waals surface area contributed by atoms with Crippen molar-refractivity contribution in [2.75, 3.05) is 25.0 Å². The highest BCUT2D eigenvalue weighted by atomic mass is 32.2. The van der Waals surface area contributed by atoms with Gasteiger partial charge in [-0.25, -0.2) is 0 Å². The highest BCUT2D eigenvalue weighted by Crippen LogP contribution is 2.31. The Morgan fingerprint density at radius 2 is 1.93 bits per heavy atom. The third-order valence-electron chi connectivity index (χ3n) is 4.48. The van der Waals surface area contributed by atoms with Gasteiger partial charge in [0.25, 0.3) is 5.76 Å². The summed E-state index contributed by atoms with van der Waals surface area (Å²) in [6, 6.07) is 16.6. The van der Waals surface area contributed by atoms with Gasteiger partial charge in [-0.1, -0.05) is 54.2 Å². The number of amides is 1. The number of benzene rings is 2. The van der Waals surface area contributed by atoms with Crippen molar-refractivity contribution in [2.45, 2.75) is 36.1 Å². The molecule has 28 heavy (non-hydrogen) atoms. The second kappa shape index (κ2) is 10.5. The largest absolute Gasteiger partial charge is 0.377 e. The van der Waals surface area contributed by atoms with Crippen LogP contribution in [0.4, 0.5) is 14.5 Å². The third kappa shape index (κ3) is 6.58. The molecule has 1 N–H and O–H groups in total. The van der Waals surface area contributed by atoms with E-state index in [0.29, 0.717) is 35.4 Å². The molecule has 1 saturated heterocycles. The minimum Gasteiger partial charge on any atom is -0.377 e. The Balaban J connectivity index is 1.65. The zero-order valence-electron chi connectivity index (χ0n) is 15.5. The molecule has 1 fully saturated rings. The van der Waals surface area contributed by atoms with Gasteiger partial charge in [0.15, 0.2) is 0 Å². The van der Waals surface area contributed by atoms with Crippen molar-refractivity contribution in [3.8, 4) is 0 Å². The van der Waals surface area contributed by atoms with Crippen LogP contribution in [0.5, 0.6) is 0 Å². The molecule has 0 aromatic heterocycles. The van der Waals surface area contributed by atoms with Crippen molar-refractivity contribution in [3.63, 3.8) is 0 Å². The molecule has 7 heteroatoms. The number of alkyl halides is 2. The topological polar surface area (TPSA) is 41.6 Å². The van der Waals surface area contributed by atoms with Crippen LogP contribution in [0.25, 0.3) is 0 Å². The summed E-state index contributed by atoms with van der Waals surface area (Å²) in [5, 5.41) is 2.78. The zero-order chi connectivity index (χ0) is 19.8. The molecule has 1 aliphatic heterocycles. The molecule has 2 aromatic carbocycles. The van der Waals surface area contributed by atoms with Crippen LogP contribution in [-0.2, 0) is 16.1 Å². The first-order chi connectivity index (χ1) is 13.6. The Bertz CT molecular complexity index is 755. The second-order valence-electron chi connectivity index (χ2n) is 6.71. The molecule has 0 saturated carbocycles.